The van der Waals surface area contributed by atoms with Gasteiger partial charge in [-0.15, -0.1) is 12.8 Å². The number of fused-ring (bicyclic) bond motifs is 1. The molecule has 0 bridgehead atoms. The Morgan fingerprint density at radius 1 is 1.38 bits per heavy atom. The van der Waals surface area contributed by atoms with Gasteiger partial charge in [0.1, 0.15) is 22.4 Å². The van der Waals surface area contributed by atoms with Crippen molar-refractivity contribution in [3.63, 3.8) is 0 Å². The zero-order valence-corrected chi connectivity index (χ0v) is 16.2. The van der Waals surface area contributed by atoms with E-state index < -0.39 is 5.54 Å². The fourth-order valence-electron chi connectivity index (χ4n) is 2.58. The van der Waals surface area contributed by atoms with E-state index in [1.807, 2.05) is 39.0 Å². The first-order chi connectivity index (χ1) is 12.3. The third-order valence-corrected chi connectivity index (χ3v) is 4.38. The van der Waals surface area contributed by atoms with Gasteiger partial charge in [0, 0.05) is 24.3 Å². The predicted molar refractivity (Wildman–Crippen MR) is 109 cm³/mol. The van der Waals surface area contributed by atoms with Crippen LogP contribution in [0.5, 0.6) is 5.75 Å². The maximum Gasteiger partial charge on any atom is 0.146 e. The molecule has 5 heteroatoms. The van der Waals surface area contributed by atoms with Crippen molar-refractivity contribution >= 4 is 28.1 Å². The molecule has 1 aromatic heterocycles. The topological polar surface area (TPSA) is 43.4 Å². The predicted octanol–water partition coefficient (Wildman–Crippen LogP) is 3.25. The van der Waals surface area contributed by atoms with Crippen LogP contribution in [0, 0.1) is 31.6 Å². The summed E-state index contributed by atoms with van der Waals surface area (Å²) < 4.78 is 11.2. The maximum absolute atomic E-state index is 6.01. The van der Waals surface area contributed by atoms with Gasteiger partial charge >= 0.3 is 0 Å². The van der Waals surface area contributed by atoms with Crippen LogP contribution in [0.15, 0.2) is 24.4 Å². The lowest BCUT2D eigenvalue weighted by molar-refractivity contribution is 0.154. The van der Waals surface area contributed by atoms with E-state index >= 15 is 0 Å². The Morgan fingerprint density at radius 2 is 2.12 bits per heavy atom. The normalized spacial score (nSPS) is 13.9. The van der Waals surface area contributed by atoms with Gasteiger partial charge in [-0.05, 0) is 44.5 Å². The zero-order valence-electron chi connectivity index (χ0n) is 15.4. The van der Waals surface area contributed by atoms with Gasteiger partial charge in [0.15, 0.2) is 0 Å². The van der Waals surface area contributed by atoms with Crippen molar-refractivity contribution in [3.8, 4) is 30.4 Å². The van der Waals surface area contributed by atoms with Gasteiger partial charge in [-0.2, -0.15) is 0 Å². The monoisotopic (exact) mass is 366 g/mol. The molecule has 0 saturated heterocycles. The number of hydrogen-bond donors (Lipinski definition) is 1. The summed E-state index contributed by atoms with van der Waals surface area (Å²) in [5.74, 6) is 5.96. The summed E-state index contributed by atoms with van der Waals surface area (Å²) in [4.78, 5) is 4.92. The third kappa shape index (κ3) is 4.52. The molecule has 0 aliphatic carbocycles. The lowest BCUT2D eigenvalue weighted by atomic mass is 10.1. The number of thiocarbonyl (C=S) groups is 1. The molecule has 2 aromatic rings. The van der Waals surface area contributed by atoms with E-state index in [2.05, 4.69) is 22.1 Å². The molecule has 0 amide bonds. The molecule has 0 aliphatic rings. The molecule has 0 fully saturated rings. The lowest BCUT2D eigenvalue weighted by Crippen LogP contribution is -2.51. The van der Waals surface area contributed by atoms with Crippen molar-refractivity contribution in [2.45, 2.75) is 32.4 Å². The van der Waals surface area contributed by atoms with Crippen molar-refractivity contribution in [2.75, 3.05) is 13.7 Å². The van der Waals surface area contributed by atoms with Crippen LogP contribution >= 0.6 is 12.2 Å². The highest BCUT2D eigenvalue weighted by Gasteiger charge is 2.24. The van der Waals surface area contributed by atoms with Gasteiger partial charge in [-0.1, -0.05) is 24.1 Å². The molecule has 1 N–H and O–H groups in total. The second-order valence-corrected chi connectivity index (χ2v) is 6.78. The molecule has 2 rings (SSSR count). The Hall–Kier alpha value is -2.60. The molecular weight excluding hydrogens is 344 g/mol. The van der Waals surface area contributed by atoms with Crippen molar-refractivity contribution in [2.24, 2.45) is 0 Å². The van der Waals surface area contributed by atoms with E-state index in [0.717, 1.165) is 22.0 Å². The first-order valence-electron chi connectivity index (χ1n) is 8.14. The highest BCUT2D eigenvalue weighted by atomic mass is 32.1. The first-order valence-corrected chi connectivity index (χ1v) is 8.55. The Balaban J connectivity index is 2.21. The first kappa shape index (κ1) is 19.7. The number of nitrogens with zero attached hydrogens (tertiary/aromatic N) is 1. The minimum absolute atomic E-state index is 0.339. The van der Waals surface area contributed by atoms with Crippen LogP contribution in [-0.2, 0) is 4.74 Å². The summed E-state index contributed by atoms with van der Waals surface area (Å²) in [6.45, 7) is 6.04. The fraction of sp³-hybridized carbons (Fsp3) is 0.333. The van der Waals surface area contributed by atoms with Crippen LogP contribution in [-0.4, -0.2) is 35.3 Å². The summed E-state index contributed by atoms with van der Waals surface area (Å²) in [6, 6.07) is 5.75. The number of nitrogens with one attached hydrogen (secondary N) is 1. The molecular formula is C21H22N2O2S. The van der Waals surface area contributed by atoms with Crippen LogP contribution in [0.2, 0.25) is 0 Å². The van der Waals surface area contributed by atoms with E-state index in [0.29, 0.717) is 17.3 Å². The van der Waals surface area contributed by atoms with Crippen LogP contribution in [0.3, 0.4) is 0 Å². The SMILES string of the molecule is C#Cc1cnc2c(C)cc(OC(C)C(=S)NC(C)(C#C)COC)cc2c1. The van der Waals surface area contributed by atoms with Crippen molar-refractivity contribution < 1.29 is 9.47 Å². The lowest BCUT2D eigenvalue weighted by Gasteiger charge is -2.28. The van der Waals surface area contributed by atoms with Gasteiger partial charge < -0.3 is 14.8 Å². The summed E-state index contributed by atoms with van der Waals surface area (Å²) in [5.41, 5.74) is 1.93. The quantitative estimate of drug-likeness (QED) is 0.628. The number of aromatic nitrogens is 1. The molecule has 1 aromatic carbocycles. The van der Waals surface area contributed by atoms with E-state index in [1.165, 1.54) is 0 Å². The highest BCUT2D eigenvalue weighted by molar-refractivity contribution is 7.80. The third-order valence-electron chi connectivity index (χ3n) is 3.95. The van der Waals surface area contributed by atoms with Crippen molar-refractivity contribution in [3.05, 3.63) is 35.5 Å². The average Bonchev–Trinajstić information content (AvgIpc) is 2.61. The Kier molecular flexibility index (Phi) is 6.21. The molecule has 4 nitrogen and oxygen atoms in total. The number of benzene rings is 1. The van der Waals surface area contributed by atoms with Gasteiger partial charge in [-0.25, -0.2) is 0 Å². The highest BCUT2D eigenvalue weighted by Crippen LogP contribution is 2.25. The smallest absolute Gasteiger partial charge is 0.146 e. The Morgan fingerprint density at radius 3 is 2.73 bits per heavy atom. The fourth-order valence-corrected chi connectivity index (χ4v) is 2.85. The van der Waals surface area contributed by atoms with E-state index in [4.69, 9.17) is 34.5 Å². The summed E-state index contributed by atoms with van der Waals surface area (Å²) in [5, 5.41) is 4.07. The number of hydrogen-bond acceptors (Lipinski definition) is 4. The summed E-state index contributed by atoms with van der Waals surface area (Å²) in [6.07, 6.45) is 12.4. The number of rotatable bonds is 6. The average molecular weight is 366 g/mol. The molecule has 1 heterocycles. The summed E-state index contributed by atoms with van der Waals surface area (Å²) in [7, 11) is 1.59. The van der Waals surface area contributed by atoms with E-state index in [-0.39, 0.29) is 6.10 Å². The van der Waals surface area contributed by atoms with Crippen molar-refractivity contribution in [1.29, 1.82) is 0 Å². The standard InChI is InChI=1S/C21H22N2O2S/c1-7-16-10-17-11-18(9-14(3)19(17)22-12-16)25-15(4)20(26)23-21(5,8-2)13-24-6/h1-2,9-12,15H,13H2,3-6H3,(H,23,26). The second kappa shape index (κ2) is 8.19. The molecule has 2 atom stereocenters. The zero-order chi connectivity index (χ0) is 19.3. The molecule has 0 aliphatic heterocycles. The Labute approximate surface area is 160 Å². The minimum Gasteiger partial charge on any atom is -0.484 e. The number of terminal acetylenes is 2. The molecule has 26 heavy (non-hydrogen) atoms. The molecule has 0 radical (unpaired) electrons. The van der Waals surface area contributed by atoms with Crippen LogP contribution in [0.4, 0.5) is 0 Å². The molecule has 134 valence electrons. The van der Waals surface area contributed by atoms with Gasteiger partial charge in [-0.3, -0.25) is 4.98 Å². The largest absolute Gasteiger partial charge is 0.484 e. The van der Waals surface area contributed by atoms with Gasteiger partial charge in [0.05, 0.1) is 12.1 Å². The number of ether oxygens (including phenoxy) is 2. The van der Waals surface area contributed by atoms with Crippen LogP contribution < -0.4 is 10.1 Å². The Bertz CT molecular complexity index is 911. The summed E-state index contributed by atoms with van der Waals surface area (Å²) >= 11 is 5.45. The van der Waals surface area contributed by atoms with Crippen LogP contribution in [0.1, 0.15) is 25.0 Å². The van der Waals surface area contributed by atoms with Gasteiger partial charge in [0.2, 0.25) is 0 Å². The minimum atomic E-state index is -0.686. The van der Waals surface area contributed by atoms with Crippen LogP contribution in [0.25, 0.3) is 10.9 Å². The van der Waals surface area contributed by atoms with Gasteiger partial charge in [0.25, 0.3) is 0 Å². The van der Waals surface area contributed by atoms with E-state index in [9.17, 15) is 0 Å². The molecule has 0 spiro atoms. The second-order valence-electron chi connectivity index (χ2n) is 6.34. The number of methoxy groups -OCH3 is 1. The van der Waals surface area contributed by atoms with E-state index in [1.54, 1.807) is 13.3 Å². The number of pyridine rings is 1. The molecule has 2 unspecified atom stereocenters. The molecule has 0 saturated carbocycles. The van der Waals surface area contributed by atoms with Crippen molar-refractivity contribution in [1.82, 2.24) is 10.3 Å². The number of aryl methyl sites for hydroxylation is 1. The maximum atomic E-state index is 6.01.